The molecule has 1 spiro atoms. The Morgan fingerprint density at radius 1 is 1.33 bits per heavy atom. The monoisotopic (exact) mass is 415 g/mol. The van der Waals surface area contributed by atoms with E-state index in [1.54, 1.807) is 21.1 Å². The first-order valence-electron chi connectivity index (χ1n) is 11.0. The highest BCUT2D eigenvalue weighted by molar-refractivity contribution is 5.93. The fourth-order valence-electron chi connectivity index (χ4n) is 7.37. The number of carbonyl (C=O) groups is 1. The maximum atomic E-state index is 12.2. The summed E-state index contributed by atoms with van der Waals surface area (Å²) in [5, 5.41) is 0. The Labute approximate surface area is 176 Å². The summed E-state index contributed by atoms with van der Waals surface area (Å²) in [5.41, 5.74) is 0.400. The number of hydrogen-bond donors (Lipinski definition) is 0. The van der Waals surface area contributed by atoms with Gasteiger partial charge in [-0.2, -0.15) is 0 Å². The highest BCUT2D eigenvalue weighted by Gasteiger charge is 2.83. The summed E-state index contributed by atoms with van der Waals surface area (Å²) < 4.78 is 29.8. The molecule has 0 aromatic heterocycles. The van der Waals surface area contributed by atoms with E-state index in [1.807, 2.05) is 0 Å². The lowest BCUT2D eigenvalue weighted by molar-refractivity contribution is -0.255. The second-order valence-electron chi connectivity index (χ2n) is 9.39. The van der Waals surface area contributed by atoms with E-state index in [1.165, 1.54) is 0 Å². The van der Waals surface area contributed by atoms with Gasteiger partial charge in [-0.05, 0) is 26.2 Å². The Hall–Kier alpha value is -1.83. The first kappa shape index (κ1) is 18.9. The fourth-order valence-corrected chi connectivity index (χ4v) is 7.37. The number of cyclic esters (lactones) is 1. The van der Waals surface area contributed by atoms with E-state index < -0.39 is 5.79 Å². The molecule has 6 aliphatic rings. The number of esters is 1. The Morgan fingerprint density at radius 3 is 2.93 bits per heavy atom. The van der Waals surface area contributed by atoms with Crippen molar-refractivity contribution in [3.63, 3.8) is 0 Å². The lowest BCUT2D eigenvalue weighted by Gasteiger charge is -2.47. The van der Waals surface area contributed by atoms with Gasteiger partial charge in [-0.15, -0.1) is 0 Å². The molecule has 8 atom stereocenters. The Bertz CT molecular complexity index is 907. The highest BCUT2D eigenvalue weighted by Crippen LogP contribution is 2.72. The summed E-state index contributed by atoms with van der Waals surface area (Å²) >= 11 is 0. The van der Waals surface area contributed by atoms with E-state index in [2.05, 4.69) is 24.0 Å². The molecule has 6 heterocycles. The fraction of sp³-hybridized carbons (Fsp3) is 0.696. The quantitative estimate of drug-likeness (QED) is 0.388. The number of carbonyl (C=O) groups excluding carboxylic acids is 1. The van der Waals surface area contributed by atoms with Crippen LogP contribution in [0.5, 0.6) is 0 Å². The van der Waals surface area contributed by atoms with E-state index in [-0.39, 0.29) is 35.4 Å². The molecule has 0 aromatic carbocycles. The average Bonchev–Trinajstić information content (AvgIpc) is 3.43. The van der Waals surface area contributed by atoms with Gasteiger partial charge in [-0.25, -0.2) is 4.79 Å². The smallest absolute Gasteiger partial charge is 0.343 e. The minimum atomic E-state index is -0.643. The minimum absolute atomic E-state index is 0.0864. The maximum absolute atomic E-state index is 12.2. The van der Waals surface area contributed by atoms with Gasteiger partial charge in [0.15, 0.2) is 5.76 Å². The van der Waals surface area contributed by atoms with Gasteiger partial charge in [0.2, 0.25) is 11.5 Å². The third kappa shape index (κ3) is 1.95. The lowest BCUT2D eigenvalue weighted by atomic mass is 9.71. The Balaban J connectivity index is 1.42. The average molecular weight is 415 g/mol. The minimum Gasteiger partial charge on any atom is -0.492 e. The van der Waals surface area contributed by atoms with E-state index in [9.17, 15) is 4.79 Å². The number of piperidine rings is 1. The zero-order chi connectivity index (χ0) is 20.8. The molecular formula is C23H29NO6. The predicted octanol–water partition coefficient (Wildman–Crippen LogP) is 2.49. The molecule has 162 valence electrons. The second-order valence-corrected chi connectivity index (χ2v) is 9.39. The zero-order valence-electron chi connectivity index (χ0n) is 18.0. The van der Waals surface area contributed by atoms with Crippen LogP contribution in [0.1, 0.15) is 33.1 Å². The standard InChI is InChI=1S/C23H29NO6/c1-12-17-14-11-16-22(8-5-6-10-26-3)15(7-9-24(14)22)23(17,29-16)30-19(12)20-18(27-4)13(2)21(25)28-20/h5,8,12,14-17H,6-7,9-11H2,1-4H3/b8-5+,20-19-/t12-,14-,15-,16+,17+,22-,23+/m0/s1. The molecule has 0 aromatic rings. The molecule has 0 amide bonds. The molecule has 5 bridgehead atoms. The molecule has 0 saturated carbocycles. The first-order chi connectivity index (χ1) is 14.5. The van der Waals surface area contributed by atoms with Gasteiger partial charge in [0.25, 0.3) is 0 Å². The van der Waals surface area contributed by atoms with Crippen LogP contribution >= 0.6 is 0 Å². The summed E-state index contributed by atoms with van der Waals surface area (Å²) in [7, 11) is 3.30. The van der Waals surface area contributed by atoms with Gasteiger partial charge < -0.3 is 23.7 Å². The van der Waals surface area contributed by atoms with Crippen LogP contribution in [0.4, 0.5) is 0 Å². The summed E-state index contributed by atoms with van der Waals surface area (Å²) in [6.07, 6.45) is 7.75. The molecule has 6 aliphatic heterocycles. The number of nitrogens with zero attached hydrogens (tertiary/aromatic N) is 1. The van der Waals surface area contributed by atoms with Crippen LogP contribution in [0.3, 0.4) is 0 Å². The number of methoxy groups -OCH3 is 2. The maximum Gasteiger partial charge on any atom is 0.343 e. The van der Waals surface area contributed by atoms with Crippen molar-refractivity contribution in [1.29, 1.82) is 0 Å². The molecule has 6 rings (SSSR count). The topological polar surface area (TPSA) is 66.5 Å². The molecule has 0 aliphatic carbocycles. The second kappa shape index (κ2) is 6.11. The van der Waals surface area contributed by atoms with Crippen molar-refractivity contribution in [3.8, 4) is 0 Å². The summed E-state index contributed by atoms with van der Waals surface area (Å²) in [4.78, 5) is 14.9. The van der Waals surface area contributed by atoms with Crippen LogP contribution in [0.25, 0.3) is 0 Å². The van der Waals surface area contributed by atoms with E-state index in [0.717, 1.165) is 32.4 Å². The van der Waals surface area contributed by atoms with Crippen molar-refractivity contribution in [2.75, 3.05) is 27.4 Å². The van der Waals surface area contributed by atoms with Crippen LogP contribution in [0, 0.1) is 17.8 Å². The number of fused-ring (bicyclic) bond motifs is 1. The van der Waals surface area contributed by atoms with Crippen LogP contribution in [0.15, 0.2) is 35.0 Å². The number of rotatable bonds is 5. The van der Waals surface area contributed by atoms with Crippen molar-refractivity contribution in [3.05, 3.63) is 35.0 Å². The van der Waals surface area contributed by atoms with Crippen molar-refractivity contribution >= 4 is 5.97 Å². The van der Waals surface area contributed by atoms with E-state index in [0.29, 0.717) is 28.9 Å². The van der Waals surface area contributed by atoms with Gasteiger partial charge >= 0.3 is 5.97 Å². The van der Waals surface area contributed by atoms with Crippen LogP contribution in [-0.4, -0.2) is 61.7 Å². The SMILES string of the molecule is COCC/C=C/[C@@]12[C@@H]3CCN1[C@H]1C[C@H]2O[C@@]32O/C(=C3\OC(=O)C(C)=C3OC)[C@@H](C)[C@H]12. The Morgan fingerprint density at radius 2 is 2.17 bits per heavy atom. The molecule has 0 radical (unpaired) electrons. The molecule has 7 nitrogen and oxygen atoms in total. The van der Waals surface area contributed by atoms with Crippen LogP contribution < -0.4 is 0 Å². The van der Waals surface area contributed by atoms with Gasteiger partial charge in [0.05, 0.1) is 36.2 Å². The molecule has 5 saturated heterocycles. The van der Waals surface area contributed by atoms with Crippen LogP contribution in [-0.2, 0) is 28.5 Å². The predicted molar refractivity (Wildman–Crippen MR) is 106 cm³/mol. The number of allylic oxidation sites excluding steroid dienone is 1. The molecule has 5 fully saturated rings. The molecular weight excluding hydrogens is 386 g/mol. The van der Waals surface area contributed by atoms with Crippen molar-refractivity contribution in [1.82, 2.24) is 4.90 Å². The van der Waals surface area contributed by atoms with Crippen molar-refractivity contribution < 1.29 is 28.5 Å². The zero-order valence-corrected chi connectivity index (χ0v) is 18.0. The van der Waals surface area contributed by atoms with Gasteiger partial charge in [0.1, 0.15) is 5.76 Å². The first-order valence-corrected chi connectivity index (χ1v) is 11.0. The summed E-state index contributed by atoms with van der Waals surface area (Å²) in [5.74, 6) is 1.21. The van der Waals surface area contributed by atoms with E-state index in [4.69, 9.17) is 23.7 Å². The molecule has 7 heteroatoms. The third-order valence-electron chi connectivity index (χ3n) is 8.35. The summed E-state index contributed by atoms with van der Waals surface area (Å²) in [6.45, 7) is 5.71. The molecule has 0 N–H and O–H groups in total. The Kier molecular flexibility index (Phi) is 3.85. The highest BCUT2D eigenvalue weighted by atomic mass is 16.7. The number of hydrogen-bond acceptors (Lipinski definition) is 7. The normalized spacial score (nSPS) is 50.1. The van der Waals surface area contributed by atoms with Gasteiger partial charge in [-0.3, -0.25) is 4.90 Å². The van der Waals surface area contributed by atoms with Crippen molar-refractivity contribution in [2.24, 2.45) is 17.8 Å². The largest absolute Gasteiger partial charge is 0.492 e. The molecule has 1 unspecified atom stereocenters. The van der Waals surface area contributed by atoms with Crippen LogP contribution in [0.2, 0.25) is 0 Å². The van der Waals surface area contributed by atoms with Crippen molar-refractivity contribution in [2.45, 2.75) is 56.6 Å². The summed E-state index contributed by atoms with van der Waals surface area (Å²) in [6, 6.07) is 0.413. The van der Waals surface area contributed by atoms with E-state index >= 15 is 0 Å². The number of ether oxygens (including phenoxy) is 5. The third-order valence-corrected chi connectivity index (χ3v) is 8.35. The molecule has 30 heavy (non-hydrogen) atoms. The van der Waals surface area contributed by atoms with Gasteiger partial charge in [-0.1, -0.05) is 19.1 Å². The lowest BCUT2D eigenvalue weighted by Crippen LogP contribution is -2.60. The van der Waals surface area contributed by atoms with Gasteiger partial charge in [0, 0.05) is 32.2 Å².